The molecule has 0 aliphatic heterocycles. The number of benzene rings is 1. The molecule has 1 aromatic rings. The van der Waals surface area contributed by atoms with Crippen LogP contribution in [0, 0.1) is 5.92 Å². The van der Waals surface area contributed by atoms with E-state index < -0.39 is 0 Å². The van der Waals surface area contributed by atoms with Gasteiger partial charge < -0.3 is 15.8 Å². The van der Waals surface area contributed by atoms with E-state index in [-0.39, 0.29) is 5.91 Å². The summed E-state index contributed by atoms with van der Waals surface area (Å²) < 4.78 is 5.04. The molecule has 0 aliphatic rings. The Balaban J connectivity index is 2.52. The highest BCUT2D eigenvalue weighted by Gasteiger charge is 2.07. The first-order valence-corrected chi connectivity index (χ1v) is 6.28. The lowest BCUT2D eigenvalue weighted by molar-refractivity contribution is -0.116. The molecule has 1 unspecified atom stereocenters. The van der Waals surface area contributed by atoms with Crippen LogP contribution in [0.25, 0.3) is 0 Å². The normalized spacial score (nSPS) is 12.0. The number of amides is 1. The summed E-state index contributed by atoms with van der Waals surface area (Å²) in [6, 6.07) is 5.15. The van der Waals surface area contributed by atoms with Crippen LogP contribution in [-0.2, 0) is 4.79 Å². The van der Waals surface area contributed by atoms with Crippen molar-refractivity contribution in [1.29, 1.82) is 0 Å². The average Bonchev–Trinajstić information content (AvgIpc) is 2.36. The summed E-state index contributed by atoms with van der Waals surface area (Å²) in [5.41, 5.74) is 6.17. The Morgan fingerprint density at radius 2 is 2.28 bits per heavy atom. The van der Waals surface area contributed by atoms with Gasteiger partial charge in [0.1, 0.15) is 5.75 Å². The van der Waals surface area contributed by atoms with E-state index >= 15 is 0 Å². The monoisotopic (exact) mass is 270 g/mol. The highest BCUT2D eigenvalue weighted by atomic mass is 35.5. The molecule has 0 aliphatic carbocycles. The molecule has 0 radical (unpaired) electrons. The van der Waals surface area contributed by atoms with Crippen molar-refractivity contribution >= 4 is 23.2 Å². The summed E-state index contributed by atoms with van der Waals surface area (Å²) in [6.07, 6.45) is 1.24. The first kappa shape index (κ1) is 14.8. The Bertz CT molecular complexity index is 410. The molecule has 5 heteroatoms. The van der Waals surface area contributed by atoms with Gasteiger partial charge in [0.15, 0.2) is 0 Å². The Morgan fingerprint density at radius 1 is 1.56 bits per heavy atom. The second-order valence-corrected chi connectivity index (χ2v) is 4.68. The van der Waals surface area contributed by atoms with E-state index in [0.717, 1.165) is 6.42 Å². The first-order chi connectivity index (χ1) is 8.56. The van der Waals surface area contributed by atoms with Crippen LogP contribution in [0.15, 0.2) is 18.2 Å². The first-order valence-electron chi connectivity index (χ1n) is 5.90. The Labute approximate surface area is 112 Å². The maximum Gasteiger partial charge on any atom is 0.224 e. The average molecular weight is 271 g/mol. The van der Waals surface area contributed by atoms with Crippen molar-refractivity contribution in [3.8, 4) is 5.75 Å². The minimum atomic E-state index is -0.0310. The highest BCUT2D eigenvalue weighted by molar-refractivity contribution is 6.32. The van der Waals surface area contributed by atoms with Gasteiger partial charge in [-0.25, -0.2) is 0 Å². The van der Waals surface area contributed by atoms with E-state index in [9.17, 15) is 4.79 Å². The zero-order valence-electron chi connectivity index (χ0n) is 10.7. The number of nitrogens with one attached hydrogen (secondary N) is 1. The van der Waals surface area contributed by atoms with E-state index in [0.29, 0.717) is 35.3 Å². The number of hydrogen-bond donors (Lipinski definition) is 2. The largest absolute Gasteiger partial charge is 0.495 e. The van der Waals surface area contributed by atoms with Gasteiger partial charge >= 0.3 is 0 Å². The quantitative estimate of drug-likeness (QED) is 0.835. The van der Waals surface area contributed by atoms with Crippen LogP contribution in [0.4, 0.5) is 5.69 Å². The number of nitrogens with two attached hydrogens (primary N) is 1. The second-order valence-electron chi connectivity index (χ2n) is 4.28. The molecule has 0 saturated carbocycles. The SMILES string of the molecule is COc1ccc(NC(=O)CCC(C)CN)cc1Cl. The van der Waals surface area contributed by atoms with Crippen LogP contribution in [0.3, 0.4) is 0 Å². The fourth-order valence-electron chi connectivity index (χ4n) is 1.46. The Morgan fingerprint density at radius 3 is 2.83 bits per heavy atom. The summed E-state index contributed by atoms with van der Waals surface area (Å²) in [7, 11) is 1.55. The Hall–Kier alpha value is -1.26. The number of carbonyl (C=O) groups is 1. The lowest BCUT2D eigenvalue weighted by Gasteiger charge is -2.10. The van der Waals surface area contributed by atoms with Gasteiger partial charge in [0.25, 0.3) is 0 Å². The molecular weight excluding hydrogens is 252 g/mol. The number of ether oxygens (including phenoxy) is 1. The molecule has 1 aromatic carbocycles. The van der Waals surface area contributed by atoms with E-state index in [4.69, 9.17) is 22.1 Å². The highest BCUT2D eigenvalue weighted by Crippen LogP contribution is 2.27. The minimum absolute atomic E-state index is 0.0310. The van der Waals surface area contributed by atoms with Gasteiger partial charge in [0.05, 0.1) is 12.1 Å². The third-order valence-electron chi connectivity index (χ3n) is 2.70. The van der Waals surface area contributed by atoms with Gasteiger partial charge in [-0.15, -0.1) is 0 Å². The van der Waals surface area contributed by atoms with Crippen LogP contribution >= 0.6 is 11.6 Å². The zero-order valence-corrected chi connectivity index (χ0v) is 11.5. The molecule has 0 bridgehead atoms. The predicted octanol–water partition coefficient (Wildman–Crippen LogP) is 2.66. The van der Waals surface area contributed by atoms with Crippen molar-refractivity contribution in [2.24, 2.45) is 11.7 Å². The van der Waals surface area contributed by atoms with Gasteiger partial charge in [-0.2, -0.15) is 0 Å². The van der Waals surface area contributed by atoms with Crippen LogP contribution in [0.5, 0.6) is 5.75 Å². The molecule has 1 amide bonds. The van der Waals surface area contributed by atoms with E-state index in [1.165, 1.54) is 0 Å². The van der Waals surface area contributed by atoms with Crippen molar-refractivity contribution in [1.82, 2.24) is 0 Å². The van der Waals surface area contributed by atoms with E-state index in [1.807, 2.05) is 6.92 Å². The predicted molar refractivity (Wildman–Crippen MR) is 74.1 cm³/mol. The fraction of sp³-hybridized carbons (Fsp3) is 0.462. The molecule has 1 atom stereocenters. The molecule has 4 nitrogen and oxygen atoms in total. The summed E-state index contributed by atoms with van der Waals surface area (Å²) in [5, 5.41) is 3.27. The topological polar surface area (TPSA) is 64.3 Å². The van der Waals surface area contributed by atoms with Crippen molar-refractivity contribution < 1.29 is 9.53 Å². The van der Waals surface area contributed by atoms with Crippen molar-refractivity contribution in [3.63, 3.8) is 0 Å². The molecule has 0 fully saturated rings. The van der Waals surface area contributed by atoms with Crippen molar-refractivity contribution in [2.75, 3.05) is 19.0 Å². The van der Waals surface area contributed by atoms with E-state index in [2.05, 4.69) is 5.32 Å². The van der Waals surface area contributed by atoms with Crippen molar-refractivity contribution in [3.05, 3.63) is 23.2 Å². The van der Waals surface area contributed by atoms with Gasteiger partial charge in [0, 0.05) is 12.1 Å². The minimum Gasteiger partial charge on any atom is -0.495 e. The van der Waals surface area contributed by atoms with Gasteiger partial charge in [-0.1, -0.05) is 18.5 Å². The fourth-order valence-corrected chi connectivity index (χ4v) is 1.72. The van der Waals surface area contributed by atoms with Crippen molar-refractivity contribution in [2.45, 2.75) is 19.8 Å². The van der Waals surface area contributed by atoms with Crippen LogP contribution in [0.1, 0.15) is 19.8 Å². The summed E-state index contributed by atoms with van der Waals surface area (Å²) in [4.78, 5) is 11.7. The van der Waals surface area contributed by atoms with Gasteiger partial charge in [0.2, 0.25) is 5.91 Å². The van der Waals surface area contributed by atoms with Gasteiger partial charge in [-0.05, 0) is 37.1 Å². The third kappa shape index (κ3) is 4.55. The molecule has 100 valence electrons. The zero-order chi connectivity index (χ0) is 13.5. The molecule has 1 rings (SSSR count). The third-order valence-corrected chi connectivity index (χ3v) is 3.00. The second kappa shape index (κ2) is 7.24. The molecule has 3 N–H and O–H groups in total. The summed E-state index contributed by atoms with van der Waals surface area (Å²) in [6.45, 7) is 2.62. The maximum absolute atomic E-state index is 11.7. The van der Waals surface area contributed by atoms with Gasteiger partial charge in [-0.3, -0.25) is 4.79 Å². The number of halogens is 1. The number of methoxy groups -OCH3 is 1. The number of anilines is 1. The van der Waals surface area contributed by atoms with Crippen LogP contribution in [0.2, 0.25) is 5.02 Å². The maximum atomic E-state index is 11.7. The molecule has 0 saturated heterocycles. The molecule has 18 heavy (non-hydrogen) atoms. The summed E-state index contributed by atoms with van der Waals surface area (Å²) >= 11 is 5.97. The lowest BCUT2D eigenvalue weighted by atomic mass is 10.1. The molecule has 0 spiro atoms. The number of carbonyl (C=O) groups excluding carboxylic acids is 1. The van der Waals surface area contributed by atoms with E-state index in [1.54, 1.807) is 25.3 Å². The Kier molecular flexibility index (Phi) is 5.95. The number of hydrogen-bond acceptors (Lipinski definition) is 3. The van der Waals surface area contributed by atoms with Crippen LogP contribution in [-0.4, -0.2) is 19.6 Å². The summed E-state index contributed by atoms with van der Waals surface area (Å²) in [5.74, 6) is 0.915. The molecule has 0 heterocycles. The molecule has 0 aromatic heterocycles. The lowest BCUT2D eigenvalue weighted by Crippen LogP contribution is -2.16. The number of rotatable bonds is 6. The molecular formula is C13H19ClN2O2. The standard InChI is InChI=1S/C13H19ClN2O2/c1-9(8-15)3-6-13(17)16-10-4-5-12(18-2)11(14)7-10/h4-5,7,9H,3,6,8,15H2,1-2H3,(H,16,17). The smallest absolute Gasteiger partial charge is 0.224 e. The van der Waals surface area contributed by atoms with Crippen LogP contribution < -0.4 is 15.8 Å².